The minimum atomic E-state index is -0.571. The van der Waals surface area contributed by atoms with Crippen molar-refractivity contribution in [2.75, 3.05) is 36.9 Å². The van der Waals surface area contributed by atoms with E-state index in [2.05, 4.69) is 19.9 Å². The van der Waals surface area contributed by atoms with Crippen molar-refractivity contribution in [1.82, 2.24) is 24.5 Å². The summed E-state index contributed by atoms with van der Waals surface area (Å²) in [6.07, 6.45) is 2.96. The summed E-state index contributed by atoms with van der Waals surface area (Å²) in [6, 6.07) is 7.63. The van der Waals surface area contributed by atoms with Gasteiger partial charge in [0, 0.05) is 30.2 Å². The number of hydrogen-bond donors (Lipinski definition) is 1. The van der Waals surface area contributed by atoms with Gasteiger partial charge < -0.3 is 20.1 Å². The molecule has 4 heterocycles. The lowest BCUT2D eigenvalue weighted by molar-refractivity contribution is 0.0544. The number of ether oxygens (including phenoxy) is 2. The van der Waals surface area contributed by atoms with Crippen molar-refractivity contribution < 1.29 is 14.3 Å². The topological polar surface area (TPSA) is 121 Å². The average molecular weight is 447 g/mol. The molecule has 5 rings (SSSR count). The molecule has 0 amide bonds. The van der Waals surface area contributed by atoms with Gasteiger partial charge in [0.15, 0.2) is 17.0 Å². The van der Waals surface area contributed by atoms with Crippen LogP contribution in [0.15, 0.2) is 36.7 Å². The number of fused-ring (bicyclic) bond motifs is 2. The summed E-state index contributed by atoms with van der Waals surface area (Å²) in [5.41, 5.74) is 8.69. The number of nitrogens with two attached hydrogens (primary N) is 1. The van der Waals surface area contributed by atoms with Gasteiger partial charge in [-0.3, -0.25) is 4.57 Å². The quantitative estimate of drug-likeness (QED) is 0.493. The first kappa shape index (κ1) is 21.1. The molecule has 0 aliphatic carbocycles. The van der Waals surface area contributed by atoms with E-state index in [-0.39, 0.29) is 5.95 Å². The Morgan fingerprint density at radius 3 is 2.67 bits per heavy atom. The van der Waals surface area contributed by atoms with Crippen LogP contribution in [0.5, 0.6) is 0 Å². The van der Waals surface area contributed by atoms with Crippen LogP contribution in [0.2, 0.25) is 0 Å². The lowest BCUT2D eigenvalue weighted by atomic mass is 10.1. The van der Waals surface area contributed by atoms with Gasteiger partial charge in [0.05, 0.1) is 30.6 Å². The van der Waals surface area contributed by atoms with Crippen LogP contribution >= 0.6 is 0 Å². The van der Waals surface area contributed by atoms with E-state index in [9.17, 15) is 4.79 Å². The number of aromatic nitrogens is 5. The molecule has 1 fully saturated rings. The first-order valence-electron chi connectivity index (χ1n) is 10.8. The van der Waals surface area contributed by atoms with Gasteiger partial charge in [-0.2, -0.15) is 9.97 Å². The molecule has 0 bridgehead atoms. The second kappa shape index (κ2) is 7.96. The van der Waals surface area contributed by atoms with E-state index in [1.165, 1.54) is 4.57 Å². The Balaban J connectivity index is 1.54. The molecule has 0 atom stereocenters. The molecule has 1 aliphatic rings. The SMILES string of the molecule is CC(C)(C)OC(=O)n1ccc2cc(-c3cnc4nc(N)nc(N5CCOCC5)c4n3)ccc21. The summed E-state index contributed by atoms with van der Waals surface area (Å²) >= 11 is 0. The number of benzene rings is 1. The lowest BCUT2D eigenvalue weighted by Crippen LogP contribution is -2.37. The zero-order valence-electron chi connectivity index (χ0n) is 18.8. The summed E-state index contributed by atoms with van der Waals surface area (Å²) in [5, 5.41) is 0.891. The zero-order valence-corrected chi connectivity index (χ0v) is 18.8. The minimum absolute atomic E-state index is 0.163. The summed E-state index contributed by atoms with van der Waals surface area (Å²) in [6.45, 7) is 8.15. The molecule has 10 nitrogen and oxygen atoms in total. The molecule has 1 aromatic carbocycles. The summed E-state index contributed by atoms with van der Waals surface area (Å²) in [7, 11) is 0. The molecule has 33 heavy (non-hydrogen) atoms. The van der Waals surface area contributed by atoms with Gasteiger partial charge in [0.25, 0.3) is 0 Å². The zero-order chi connectivity index (χ0) is 23.2. The number of carbonyl (C=O) groups is 1. The average Bonchev–Trinajstić information content (AvgIpc) is 3.21. The first-order valence-corrected chi connectivity index (χ1v) is 10.8. The number of carbonyl (C=O) groups excluding carboxylic acids is 1. The van der Waals surface area contributed by atoms with Crippen LogP contribution in [0, 0.1) is 0 Å². The van der Waals surface area contributed by atoms with Gasteiger partial charge in [-0.05, 0) is 39.0 Å². The van der Waals surface area contributed by atoms with E-state index in [0.717, 1.165) is 16.5 Å². The van der Waals surface area contributed by atoms with Gasteiger partial charge in [-0.25, -0.2) is 14.8 Å². The fraction of sp³-hybridized carbons (Fsp3) is 0.348. The third-order valence-corrected chi connectivity index (χ3v) is 5.29. The lowest BCUT2D eigenvalue weighted by Gasteiger charge is -2.28. The molecular formula is C23H25N7O3. The minimum Gasteiger partial charge on any atom is -0.443 e. The fourth-order valence-electron chi connectivity index (χ4n) is 3.82. The van der Waals surface area contributed by atoms with Crippen LogP contribution < -0.4 is 10.6 Å². The number of morpholine rings is 1. The van der Waals surface area contributed by atoms with E-state index >= 15 is 0 Å². The summed E-state index contributed by atoms with van der Waals surface area (Å²) < 4.78 is 12.5. The highest BCUT2D eigenvalue weighted by molar-refractivity contribution is 5.92. The number of nitrogens with zero attached hydrogens (tertiary/aromatic N) is 6. The molecule has 2 N–H and O–H groups in total. The van der Waals surface area contributed by atoms with Gasteiger partial charge in [-0.15, -0.1) is 0 Å². The Kier molecular flexibility index (Phi) is 5.09. The summed E-state index contributed by atoms with van der Waals surface area (Å²) in [5.74, 6) is 0.822. The molecule has 1 aliphatic heterocycles. The van der Waals surface area contributed by atoms with Crippen molar-refractivity contribution in [2.45, 2.75) is 26.4 Å². The Morgan fingerprint density at radius 2 is 1.91 bits per heavy atom. The molecule has 0 unspecified atom stereocenters. The van der Waals surface area contributed by atoms with Crippen LogP contribution in [0.25, 0.3) is 33.3 Å². The Labute approximate surface area is 190 Å². The largest absolute Gasteiger partial charge is 0.443 e. The molecule has 170 valence electrons. The Morgan fingerprint density at radius 1 is 1.12 bits per heavy atom. The molecule has 1 saturated heterocycles. The number of hydrogen-bond acceptors (Lipinski definition) is 9. The molecule has 3 aromatic heterocycles. The maximum Gasteiger partial charge on any atom is 0.418 e. The van der Waals surface area contributed by atoms with Crippen LogP contribution in [-0.4, -0.2) is 62.5 Å². The van der Waals surface area contributed by atoms with E-state index in [1.54, 1.807) is 12.4 Å². The standard InChI is InChI=1S/C23H25N7O3/c1-23(2,3)33-22(31)30-7-6-15-12-14(4-5-17(15)30)16-13-25-19-18(26-16)20(28-21(24)27-19)29-8-10-32-11-9-29/h4-7,12-13H,8-11H2,1-3H3,(H2,24,25,27,28). The summed E-state index contributed by atoms with van der Waals surface area (Å²) in [4.78, 5) is 32.6. The maximum absolute atomic E-state index is 12.5. The molecular weight excluding hydrogens is 422 g/mol. The number of anilines is 2. The van der Waals surface area contributed by atoms with Gasteiger partial charge in [0.1, 0.15) is 5.60 Å². The highest BCUT2D eigenvalue weighted by Crippen LogP contribution is 2.28. The van der Waals surface area contributed by atoms with Gasteiger partial charge in [-0.1, -0.05) is 6.07 Å². The maximum atomic E-state index is 12.5. The van der Waals surface area contributed by atoms with E-state index < -0.39 is 11.7 Å². The van der Waals surface area contributed by atoms with Gasteiger partial charge >= 0.3 is 6.09 Å². The molecule has 0 saturated carbocycles. The highest BCUT2D eigenvalue weighted by Gasteiger charge is 2.21. The smallest absolute Gasteiger partial charge is 0.418 e. The predicted molar refractivity (Wildman–Crippen MR) is 125 cm³/mol. The van der Waals surface area contributed by atoms with Crippen molar-refractivity contribution >= 4 is 39.9 Å². The first-order chi connectivity index (χ1) is 15.8. The number of nitrogen functional groups attached to an aromatic ring is 1. The second-order valence-corrected chi connectivity index (χ2v) is 8.87. The van der Waals surface area contributed by atoms with Crippen LogP contribution in [-0.2, 0) is 9.47 Å². The van der Waals surface area contributed by atoms with Crippen LogP contribution in [0.3, 0.4) is 0 Å². The van der Waals surface area contributed by atoms with Crippen molar-refractivity contribution in [2.24, 2.45) is 0 Å². The molecule has 10 heteroatoms. The van der Waals surface area contributed by atoms with Crippen molar-refractivity contribution in [3.8, 4) is 11.3 Å². The van der Waals surface area contributed by atoms with Crippen molar-refractivity contribution in [1.29, 1.82) is 0 Å². The fourth-order valence-corrected chi connectivity index (χ4v) is 3.82. The molecule has 0 spiro atoms. The molecule has 4 aromatic rings. The van der Waals surface area contributed by atoms with Crippen molar-refractivity contribution in [3.63, 3.8) is 0 Å². The van der Waals surface area contributed by atoms with E-state index in [0.29, 0.717) is 49.0 Å². The second-order valence-electron chi connectivity index (χ2n) is 8.87. The van der Waals surface area contributed by atoms with E-state index in [1.807, 2.05) is 45.0 Å². The van der Waals surface area contributed by atoms with E-state index in [4.69, 9.17) is 20.2 Å². The molecule has 0 radical (unpaired) electrons. The highest BCUT2D eigenvalue weighted by atomic mass is 16.6. The third-order valence-electron chi connectivity index (χ3n) is 5.29. The number of rotatable bonds is 2. The van der Waals surface area contributed by atoms with Crippen LogP contribution in [0.4, 0.5) is 16.6 Å². The predicted octanol–water partition coefficient (Wildman–Crippen LogP) is 3.24. The Bertz CT molecular complexity index is 1350. The van der Waals surface area contributed by atoms with Crippen molar-refractivity contribution in [3.05, 3.63) is 36.7 Å². The monoisotopic (exact) mass is 447 g/mol. The van der Waals surface area contributed by atoms with Gasteiger partial charge in [0.2, 0.25) is 5.95 Å². The Hall–Kier alpha value is -3.79. The van der Waals surface area contributed by atoms with Crippen LogP contribution in [0.1, 0.15) is 20.8 Å². The normalized spacial score (nSPS) is 14.7. The third kappa shape index (κ3) is 4.17.